The summed E-state index contributed by atoms with van der Waals surface area (Å²) in [5, 5.41) is 22.6. The zero-order valence-corrected chi connectivity index (χ0v) is 10.7. The van der Waals surface area contributed by atoms with Crippen molar-refractivity contribution >= 4 is 11.6 Å². The average Bonchev–Trinajstić information content (AvgIpc) is 2.86. The largest absolute Gasteiger partial charge is 0.477 e. The third-order valence-corrected chi connectivity index (χ3v) is 3.11. The molecule has 106 valence electrons. The number of carbonyl (C=O) groups is 1. The molecule has 21 heavy (non-hydrogen) atoms. The molecule has 6 nitrogen and oxygen atoms in total. The lowest BCUT2D eigenvalue weighted by Gasteiger charge is -2.04. The number of benzene rings is 1. The Balaban J connectivity index is 2.35. The second-order valence-electron chi connectivity index (χ2n) is 4.35. The lowest BCUT2D eigenvalue weighted by molar-refractivity contribution is 0.0699. The number of hydrogen-bond donors (Lipinski definition) is 2. The molecular weight excluding hydrogens is 277 g/mol. The molecule has 0 aliphatic rings. The highest BCUT2D eigenvalue weighted by Crippen LogP contribution is 2.29. The summed E-state index contributed by atoms with van der Waals surface area (Å²) in [5.41, 5.74) is 0.0331. The maximum Gasteiger partial charge on any atom is 0.341 e. The van der Waals surface area contributed by atoms with E-state index in [2.05, 4.69) is 10.1 Å². The van der Waals surface area contributed by atoms with Gasteiger partial charge in [0, 0.05) is 23.5 Å². The molecule has 0 radical (unpaired) electrons. The molecule has 2 N–H and O–H groups in total. The molecule has 7 heteroatoms. The van der Waals surface area contributed by atoms with Gasteiger partial charge in [0.05, 0.1) is 6.61 Å². The van der Waals surface area contributed by atoms with Crippen molar-refractivity contribution in [1.29, 1.82) is 0 Å². The molecule has 2 aromatic heterocycles. The summed E-state index contributed by atoms with van der Waals surface area (Å²) in [6, 6.07) is 5.97. The standard InChI is InChI=1S/C14H10FN3O3/c15-11-8(7-19)3-1-4-9(11)12-10(14(20)21)13-16-5-2-6-18(13)17-12/h1-6,19H,7H2,(H,20,21). The van der Waals surface area contributed by atoms with Gasteiger partial charge in [-0.15, -0.1) is 0 Å². The maximum absolute atomic E-state index is 14.3. The summed E-state index contributed by atoms with van der Waals surface area (Å²) in [6.07, 6.45) is 2.97. The first kappa shape index (κ1) is 13.2. The van der Waals surface area contributed by atoms with Crippen molar-refractivity contribution in [3.8, 4) is 11.3 Å². The van der Waals surface area contributed by atoms with E-state index in [1.165, 1.54) is 35.1 Å². The van der Waals surface area contributed by atoms with Crippen molar-refractivity contribution in [3.05, 3.63) is 53.6 Å². The molecule has 3 rings (SSSR count). The van der Waals surface area contributed by atoms with Gasteiger partial charge in [-0.3, -0.25) is 0 Å². The van der Waals surface area contributed by atoms with Crippen LogP contribution in [0.5, 0.6) is 0 Å². The van der Waals surface area contributed by atoms with E-state index in [1.54, 1.807) is 6.07 Å². The van der Waals surface area contributed by atoms with E-state index >= 15 is 0 Å². The Morgan fingerprint density at radius 2 is 2.14 bits per heavy atom. The monoisotopic (exact) mass is 287 g/mol. The molecule has 2 heterocycles. The van der Waals surface area contributed by atoms with Crippen LogP contribution in [0.25, 0.3) is 16.9 Å². The molecule has 0 aliphatic heterocycles. The SMILES string of the molecule is O=C(O)c1c(-c2cccc(CO)c2F)nn2cccnc12. The first-order chi connectivity index (χ1) is 10.1. The number of halogens is 1. The zero-order valence-electron chi connectivity index (χ0n) is 10.7. The summed E-state index contributed by atoms with van der Waals surface area (Å²) in [4.78, 5) is 15.4. The molecular formula is C14H10FN3O3. The van der Waals surface area contributed by atoms with Gasteiger partial charge in [0.25, 0.3) is 0 Å². The predicted molar refractivity (Wildman–Crippen MR) is 71.3 cm³/mol. The van der Waals surface area contributed by atoms with Crippen molar-refractivity contribution in [2.24, 2.45) is 0 Å². The number of aliphatic hydroxyl groups is 1. The molecule has 0 atom stereocenters. The Hall–Kier alpha value is -2.80. The Kier molecular flexibility index (Phi) is 3.11. The summed E-state index contributed by atoms with van der Waals surface area (Å²) < 4.78 is 15.6. The quantitative estimate of drug-likeness (QED) is 0.766. The van der Waals surface area contributed by atoms with E-state index in [1.807, 2.05) is 0 Å². The van der Waals surface area contributed by atoms with Crippen LogP contribution < -0.4 is 0 Å². The van der Waals surface area contributed by atoms with E-state index in [9.17, 15) is 14.3 Å². The molecule has 0 fully saturated rings. The van der Waals surface area contributed by atoms with Crippen LogP contribution in [-0.2, 0) is 6.61 Å². The van der Waals surface area contributed by atoms with Crippen LogP contribution in [0.4, 0.5) is 4.39 Å². The van der Waals surface area contributed by atoms with Crippen LogP contribution in [-0.4, -0.2) is 30.8 Å². The van der Waals surface area contributed by atoms with Gasteiger partial charge in [-0.25, -0.2) is 18.7 Å². The van der Waals surface area contributed by atoms with Crippen LogP contribution in [0.2, 0.25) is 0 Å². The average molecular weight is 287 g/mol. The number of aliphatic hydroxyl groups excluding tert-OH is 1. The van der Waals surface area contributed by atoms with Gasteiger partial charge in [-0.2, -0.15) is 5.10 Å². The Morgan fingerprint density at radius 1 is 1.33 bits per heavy atom. The van der Waals surface area contributed by atoms with Gasteiger partial charge in [-0.1, -0.05) is 12.1 Å². The Bertz CT molecular complexity index is 845. The predicted octanol–water partition coefficient (Wildman–Crippen LogP) is 1.73. The minimum Gasteiger partial charge on any atom is -0.477 e. The lowest BCUT2D eigenvalue weighted by atomic mass is 10.0. The van der Waals surface area contributed by atoms with Gasteiger partial charge >= 0.3 is 5.97 Å². The fraction of sp³-hybridized carbons (Fsp3) is 0.0714. The van der Waals surface area contributed by atoms with Crippen molar-refractivity contribution in [3.63, 3.8) is 0 Å². The van der Waals surface area contributed by atoms with Gasteiger partial charge in [-0.05, 0) is 12.1 Å². The molecule has 0 amide bonds. The van der Waals surface area contributed by atoms with Crippen LogP contribution in [0.1, 0.15) is 15.9 Å². The van der Waals surface area contributed by atoms with Crippen LogP contribution in [0.3, 0.4) is 0 Å². The number of nitrogens with zero attached hydrogens (tertiary/aromatic N) is 3. The van der Waals surface area contributed by atoms with E-state index < -0.39 is 18.4 Å². The fourth-order valence-electron chi connectivity index (χ4n) is 2.16. The van der Waals surface area contributed by atoms with Gasteiger partial charge < -0.3 is 10.2 Å². The number of carboxylic acid groups (broad SMARTS) is 1. The summed E-state index contributed by atoms with van der Waals surface area (Å²) in [7, 11) is 0. The number of hydrogen-bond acceptors (Lipinski definition) is 4. The minimum absolute atomic E-state index is 0.0180. The van der Waals surface area contributed by atoms with E-state index in [0.717, 1.165) is 0 Å². The van der Waals surface area contributed by atoms with E-state index in [-0.39, 0.29) is 28.0 Å². The number of carboxylic acids is 1. The highest BCUT2D eigenvalue weighted by Gasteiger charge is 2.24. The van der Waals surface area contributed by atoms with Crippen LogP contribution in [0.15, 0.2) is 36.7 Å². The second kappa shape index (κ2) is 4.95. The number of aromatic nitrogens is 3. The van der Waals surface area contributed by atoms with Gasteiger partial charge in [0.1, 0.15) is 17.1 Å². The van der Waals surface area contributed by atoms with Crippen molar-refractivity contribution in [2.75, 3.05) is 0 Å². The second-order valence-corrected chi connectivity index (χ2v) is 4.35. The van der Waals surface area contributed by atoms with Crippen LogP contribution in [0, 0.1) is 5.82 Å². The lowest BCUT2D eigenvalue weighted by Crippen LogP contribution is -2.01. The first-order valence-corrected chi connectivity index (χ1v) is 6.08. The highest BCUT2D eigenvalue weighted by atomic mass is 19.1. The number of aromatic carboxylic acids is 1. The molecule has 0 saturated heterocycles. The third kappa shape index (κ3) is 2.03. The maximum atomic E-state index is 14.3. The minimum atomic E-state index is -1.24. The van der Waals surface area contributed by atoms with E-state index in [0.29, 0.717) is 0 Å². The number of rotatable bonds is 3. The fourth-order valence-corrected chi connectivity index (χ4v) is 2.16. The molecule has 0 spiro atoms. The summed E-state index contributed by atoms with van der Waals surface area (Å²) >= 11 is 0. The topological polar surface area (TPSA) is 87.7 Å². The van der Waals surface area contributed by atoms with Gasteiger partial charge in [0.15, 0.2) is 5.65 Å². The molecule has 0 unspecified atom stereocenters. The van der Waals surface area contributed by atoms with E-state index in [4.69, 9.17) is 5.11 Å². The van der Waals surface area contributed by atoms with Gasteiger partial charge in [0.2, 0.25) is 0 Å². The Labute approximate surface area is 118 Å². The molecule has 0 bridgehead atoms. The smallest absolute Gasteiger partial charge is 0.341 e. The molecule has 1 aromatic carbocycles. The summed E-state index contributed by atoms with van der Waals surface area (Å²) in [5.74, 6) is -1.93. The molecule has 0 aliphatic carbocycles. The van der Waals surface area contributed by atoms with Crippen molar-refractivity contribution in [1.82, 2.24) is 14.6 Å². The third-order valence-electron chi connectivity index (χ3n) is 3.11. The zero-order chi connectivity index (χ0) is 15.0. The van der Waals surface area contributed by atoms with Crippen molar-refractivity contribution < 1.29 is 19.4 Å². The van der Waals surface area contributed by atoms with Crippen LogP contribution >= 0.6 is 0 Å². The molecule has 0 saturated carbocycles. The molecule has 3 aromatic rings. The van der Waals surface area contributed by atoms with Crippen molar-refractivity contribution in [2.45, 2.75) is 6.61 Å². The first-order valence-electron chi connectivity index (χ1n) is 6.08. The summed E-state index contributed by atoms with van der Waals surface area (Å²) in [6.45, 7) is -0.478. The normalized spacial score (nSPS) is 11.0. The Morgan fingerprint density at radius 3 is 2.86 bits per heavy atom. The number of fused-ring (bicyclic) bond motifs is 1. The highest BCUT2D eigenvalue weighted by molar-refractivity contribution is 6.01.